The van der Waals surface area contributed by atoms with Crippen LogP contribution in [0.15, 0.2) is 48.7 Å². The molecule has 0 saturated heterocycles. The second kappa shape index (κ2) is 6.16. The molecule has 0 aliphatic rings. The highest BCUT2D eigenvalue weighted by molar-refractivity contribution is 6.29. The Morgan fingerprint density at radius 2 is 1.90 bits per heavy atom. The maximum absolute atomic E-state index is 12.1. The molecule has 102 valence electrons. The average Bonchev–Trinajstić information content (AvgIpc) is 2.39. The number of pyridine rings is 1. The van der Waals surface area contributed by atoms with Crippen LogP contribution < -0.4 is 5.32 Å². The molecule has 1 atom stereocenters. The highest BCUT2D eigenvalue weighted by Gasteiger charge is 2.28. The summed E-state index contributed by atoms with van der Waals surface area (Å²) in [4.78, 5) is 27.2. The van der Waals surface area contributed by atoms with E-state index in [2.05, 4.69) is 10.3 Å². The molecule has 2 rings (SSSR count). The number of nitrogens with one attached hydrogen (secondary N) is 1. The minimum atomic E-state index is -1.27. The molecule has 5 nitrogen and oxygen atoms in total. The number of amides is 1. The summed E-state index contributed by atoms with van der Waals surface area (Å²) in [6, 6.07) is 11.3. The van der Waals surface area contributed by atoms with Gasteiger partial charge in [-0.3, -0.25) is 9.59 Å². The summed E-state index contributed by atoms with van der Waals surface area (Å²) in [6.07, 6.45) is 1.43. The topological polar surface area (TPSA) is 79.3 Å². The van der Waals surface area contributed by atoms with E-state index in [9.17, 15) is 14.7 Å². The zero-order valence-corrected chi connectivity index (χ0v) is 11.0. The van der Waals surface area contributed by atoms with Crippen LogP contribution in [0.5, 0.6) is 0 Å². The highest BCUT2D eigenvalue weighted by Crippen LogP contribution is 2.19. The van der Waals surface area contributed by atoms with E-state index in [0.717, 1.165) is 0 Å². The molecule has 0 saturated carbocycles. The van der Waals surface area contributed by atoms with Gasteiger partial charge in [0, 0.05) is 11.9 Å². The molecule has 0 fully saturated rings. The largest absolute Gasteiger partial charge is 0.480 e. The molecule has 2 aromatic rings. The lowest BCUT2D eigenvalue weighted by molar-refractivity contribution is -0.141. The van der Waals surface area contributed by atoms with Gasteiger partial charge in [0.1, 0.15) is 5.15 Å². The Bertz CT molecular complexity index is 631. The van der Waals surface area contributed by atoms with E-state index in [1.54, 1.807) is 30.3 Å². The lowest BCUT2D eigenvalue weighted by atomic mass is 9.98. The number of anilines is 1. The third kappa shape index (κ3) is 3.33. The fraction of sp³-hybridized carbons (Fsp3) is 0.0714. The monoisotopic (exact) mass is 290 g/mol. The van der Waals surface area contributed by atoms with Crippen LogP contribution in [0.25, 0.3) is 0 Å². The summed E-state index contributed by atoms with van der Waals surface area (Å²) in [5.74, 6) is -3.12. The van der Waals surface area contributed by atoms with Crippen LogP contribution >= 0.6 is 11.6 Å². The fourth-order valence-corrected chi connectivity index (χ4v) is 1.92. The number of carboxylic acids is 1. The fourth-order valence-electron chi connectivity index (χ4n) is 1.75. The first-order valence-electron chi connectivity index (χ1n) is 5.78. The van der Waals surface area contributed by atoms with Crippen LogP contribution in [0, 0.1) is 0 Å². The van der Waals surface area contributed by atoms with Gasteiger partial charge in [-0.25, -0.2) is 4.98 Å². The molecule has 0 bridgehead atoms. The molecule has 6 heteroatoms. The van der Waals surface area contributed by atoms with Gasteiger partial charge in [0.05, 0.1) is 0 Å². The highest BCUT2D eigenvalue weighted by atomic mass is 35.5. The van der Waals surface area contributed by atoms with E-state index in [1.807, 2.05) is 0 Å². The number of halogens is 1. The number of carbonyl (C=O) groups is 2. The lowest BCUT2D eigenvalue weighted by Gasteiger charge is -2.13. The van der Waals surface area contributed by atoms with Crippen molar-refractivity contribution in [3.8, 4) is 0 Å². The van der Waals surface area contributed by atoms with Crippen LogP contribution in [0.3, 0.4) is 0 Å². The van der Waals surface area contributed by atoms with Gasteiger partial charge >= 0.3 is 5.97 Å². The Balaban J connectivity index is 2.23. The van der Waals surface area contributed by atoms with Crippen molar-refractivity contribution in [1.29, 1.82) is 0 Å². The van der Waals surface area contributed by atoms with Crippen LogP contribution in [-0.2, 0) is 9.59 Å². The van der Waals surface area contributed by atoms with Gasteiger partial charge in [-0.05, 0) is 17.7 Å². The van der Waals surface area contributed by atoms with Crippen LogP contribution in [0.1, 0.15) is 11.5 Å². The van der Waals surface area contributed by atoms with E-state index in [4.69, 9.17) is 11.6 Å². The van der Waals surface area contributed by atoms with Crippen molar-refractivity contribution in [3.05, 3.63) is 59.4 Å². The molecule has 1 aromatic heterocycles. The second-order valence-corrected chi connectivity index (χ2v) is 4.43. The first-order chi connectivity index (χ1) is 9.58. The number of rotatable bonds is 4. The van der Waals surface area contributed by atoms with Crippen LogP contribution in [0.2, 0.25) is 5.15 Å². The molecule has 0 spiro atoms. The third-order valence-electron chi connectivity index (χ3n) is 2.64. The minimum Gasteiger partial charge on any atom is -0.480 e. The minimum absolute atomic E-state index is 0.217. The molecular weight excluding hydrogens is 280 g/mol. The first kappa shape index (κ1) is 14.0. The van der Waals surface area contributed by atoms with E-state index in [0.29, 0.717) is 11.3 Å². The normalized spacial score (nSPS) is 11.7. The zero-order valence-electron chi connectivity index (χ0n) is 10.3. The number of carbonyl (C=O) groups excluding carboxylic acids is 1. The van der Waals surface area contributed by atoms with E-state index >= 15 is 0 Å². The quantitative estimate of drug-likeness (QED) is 0.670. The summed E-state index contributed by atoms with van der Waals surface area (Å²) in [7, 11) is 0. The molecule has 0 aliphatic carbocycles. The van der Waals surface area contributed by atoms with E-state index in [-0.39, 0.29) is 5.15 Å². The van der Waals surface area contributed by atoms with Gasteiger partial charge in [0.25, 0.3) is 0 Å². The summed E-state index contributed by atoms with van der Waals surface area (Å²) in [5, 5.41) is 12.0. The van der Waals surface area contributed by atoms with Crippen molar-refractivity contribution in [2.45, 2.75) is 5.92 Å². The number of aliphatic carboxylic acids is 1. The Morgan fingerprint density at radius 1 is 1.20 bits per heavy atom. The van der Waals surface area contributed by atoms with Crippen molar-refractivity contribution in [1.82, 2.24) is 4.98 Å². The lowest BCUT2D eigenvalue weighted by Crippen LogP contribution is -2.27. The maximum Gasteiger partial charge on any atom is 0.320 e. The standard InChI is InChI=1S/C14H11ClN2O3/c15-11-8-10(6-7-16-11)17-13(18)12(14(19)20)9-4-2-1-3-5-9/h1-8,12H,(H,19,20)(H,16,17,18). The number of benzene rings is 1. The average molecular weight is 291 g/mol. The Hall–Kier alpha value is -2.40. The molecule has 1 heterocycles. The molecule has 1 aromatic carbocycles. The van der Waals surface area contributed by atoms with Gasteiger partial charge in [-0.15, -0.1) is 0 Å². The van der Waals surface area contributed by atoms with Crippen LogP contribution in [0.4, 0.5) is 5.69 Å². The number of carboxylic acid groups (broad SMARTS) is 1. The molecule has 1 unspecified atom stereocenters. The molecular formula is C14H11ClN2O3. The maximum atomic E-state index is 12.1. The summed E-state index contributed by atoms with van der Waals surface area (Å²) in [5.41, 5.74) is 0.815. The number of hydrogen-bond acceptors (Lipinski definition) is 3. The number of aromatic nitrogens is 1. The Kier molecular flexibility index (Phi) is 4.32. The smallest absolute Gasteiger partial charge is 0.320 e. The molecule has 0 aliphatic heterocycles. The Labute approximate surface area is 120 Å². The molecule has 2 N–H and O–H groups in total. The first-order valence-corrected chi connectivity index (χ1v) is 6.16. The third-order valence-corrected chi connectivity index (χ3v) is 2.84. The van der Waals surface area contributed by atoms with Gasteiger partial charge in [0.2, 0.25) is 5.91 Å². The predicted octanol–water partition coefficient (Wildman–Crippen LogP) is 2.54. The summed E-state index contributed by atoms with van der Waals surface area (Å²) < 4.78 is 0. The summed E-state index contributed by atoms with van der Waals surface area (Å²) >= 11 is 5.71. The molecule has 20 heavy (non-hydrogen) atoms. The van der Waals surface area contributed by atoms with Crippen molar-refractivity contribution in [2.24, 2.45) is 0 Å². The van der Waals surface area contributed by atoms with Gasteiger partial charge in [-0.2, -0.15) is 0 Å². The Morgan fingerprint density at radius 3 is 2.50 bits per heavy atom. The SMILES string of the molecule is O=C(O)C(C(=O)Nc1ccnc(Cl)c1)c1ccccc1. The molecule has 0 radical (unpaired) electrons. The second-order valence-electron chi connectivity index (χ2n) is 4.04. The van der Waals surface area contributed by atoms with E-state index in [1.165, 1.54) is 18.3 Å². The van der Waals surface area contributed by atoms with E-state index < -0.39 is 17.8 Å². The van der Waals surface area contributed by atoms with Crippen molar-refractivity contribution >= 4 is 29.2 Å². The predicted molar refractivity (Wildman–Crippen MR) is 74.7 cm³/mol. The van der Waals surface area contributed by atoms with Crippen LogP contribution in [-0.4, -0.2) is 22.0 Å². The number of hydrogen-bond donors (Lipinski definition) is 2. The van der Waals surface area contributed by atoms with Crippen molar-refractivity contribution in [2.75, 3.05) is 5.32 Å². The van der Waals surface area contributed by atoms with Gasteiger partial charge < -0.3 is 10.4 Å². The molecule has 1 amide bonds. The van der Waals surface area contributed by atoms with Gasteiger partial charge in [-0.1, -0.05) is 41.9 Å². The van der Waals surface area contributed by atoms with Crippen molar-refractivity contribution in [3.63, 3.8) is 0 Å². The zero-order chi connectivity index (χ0) is 14.5. The van der Waals surface area contributed by atoms with Gasteiger partial charge in [0.15, 0.2) is 5.92 Å². The number of nitrogens with zero attached hydrogens (tertiary/aromatic N) is 1. The summed E-state index contributed by atoms with van der Waals surface area (Å²) in [6.45, 7) is 0. The van der Waals surface area contributed by atoms with Crippen molar-refractivity contribution < 1.29 is 14.7 Å².